The highest BCUT2D eigenvalue weighted by Crippen LogP contribution is 2.46. The molecule has 0 saturated heterocycles. The van der Waals surface area contributed by atoms with Gasteiger partial charge in [0.15, 0.2) is 5.82 Å². The molecule has 14 heteroatoms. The first-order chi connectivity index (χ1) is 14.3. The topological polar surface area (TPSA) is 95.0 Å². The molecule has 1 aromatic carbocycles. The largest absolute Gasteiger partial charge is 0.534 e. The number of pyridine rings is 1. The summed E-state index contributed by atoms with van der Waals surface area (Å²) in [6.07, 6.45) is 0. The summed E-state index contributed by atoms with van der Waals surface area (Å²) >= 11 is 5.88. The molecule has 0 fully saturated rings. The molecule has 0 spiro atoms. The SMILES string of the molecule is COCC(=O)N1Cc2c(OS(=O)(=O)C(F)(F)F)nc3c(F)c(Cl)c(OC)cc3c2[C@@H]1C. The van der Waals surface area contributed by atoms with Crippen molar-refractivity contribution in [2.45, 2.75) is 25.0 Å². The van der Waals surface area contributed by atoms with Gasteiger partial charge in [0.2, 0.25) is 11.8 Å². The number of amides is 1. The number of ether oxygens (including phenoxy) is 2. The molecule has 1 atom stereocenters. The standard InChI is InChI=1S/C17H15ClF4N2O6S/c1-7-12-8-4-10(29-3)13(18)14(19)15(8)23-16(30-31(26,27)17(20,21)22)9(12)5-24(7)11(25)6-28-2/h4,7H,5-6H2,1-3H3/t7-/m0/s1. The van der Waals surface area contributed by atoms with E-state index in [1.165, 1.54) is 32.1 Å². The number of halogens is 5. The molecule has 0 saturated carbocycles. The number of benzene rings is 1. The molecule has 0 bridgehead atoms. The number of fused-ring (bicyclic) bond motifs is 3. The fourth-order valence-corrected chi connectivity index (χ4v) is 3.99. The molecule has 3 rings (SSSR count). The number of methoxy groups -OCH3 is 2. The minimum Gasteiger partial charge on any atom is -0.495 e. The van der Waals surface area contributed by atoms with Gasteiger partial charge in [-0.05, 0) is 18.6 Å². The zero-order valence-electron chi connectivity index (χ0n) is 16.2. The van der Waals surface area contributed by atoms with E-state index in [1.54, 1.807) is 0 Å². The minimum atomic E-state index is -6.11. The first-order valence-electron chi connectivity index (χ1n) is 8.51. The van der Waals surface area contributed by atoms with E-state index in [2.05, 4.69) is 9.17 Å². The predicted octanol–water partition coefficient (Wildman–Crippen LogP) is 3.31. The van der Waals surface area contributed by atoms with Gasteiger partial charge in [0.1, 0.15) is 22.9 Å². The molecule has 0 aliphatic carbocycles. The van der Waals surface area contributed by atoms with Crippen LogP contribution >= 0.6 is 11.6 Å². The Balaban J connectivity index is 2.31. The monoisotopic (exact) mass is 486 g/mol. The van der Waals surface area contributed by atoms with Crippen molar-refractivity contribution in [1.82, 2.24) is 9.88 Å². The molecular weight excluding hydrogens is 472 g/mol. The summed E-state index contributed by atoms with van der Waals surface area (Å²) in [5.41, 5.74) is -6.26. The summed E-state index contributed by atoms with van der Waals surface area (Å²) in [4.78, 5) is 17.3. The first kappa shape index (κ1) is 23.3. The second kappa shape index (κ2) is 7.95. The molecule has 2 heterocycles. The van der Waals surface area contributed by atoms with E-state index in [-0.39, 0.29) is 35.4 Å². The first-order valence-corrected chi connectivity index (χ1v) is 10.3. The lowest BCUT2D eigenvalue weighted by molar-refractivity contribution is -0.137. The maximum absolute atomic E-state index is 14.9. The average Bonchev–Trinajstić information content (AvgIpc) is 3.02. The Hall–Kier alpha value is -2.38. The van der Waals surface area contributed by atoms with Gasteiger partial charge in [0.05, 0.1) is 19.7 Å². The van der Waals surface area contributed by atoms with E-state index in [9.17, 15) is 30.8 Å². The van der Waals surface area contributed by atoms with Crippen molar-refractivity contribution in [2.75, 3.05) is 20.8 Å². The van der Waals surface area contributed by atoms with Crippen LogP contribution in [0.2, 0.25) is 5.02 Å². The molecule has 8 nitrogen and oxygen atoms in total. The number of aromatic nitrogens is 1. The van der Waals surface area contributed by atoms with Gasteiger partial charge in [0, 0.05) is 18.1 Å². The number of carbonyl (C=O) groups excluding carboxylic acids is 1. The van der Waals surface area contributed by atoms with Gasteiger partial charge in [-0.15, -0.1) is 0 Å². The highest BCUT2D eigenvalue weighted by molar-refractivity contribution is 7.87. The van der Waals surface area contributed by atoms with Crippen LogP contribution in [0.5, 0.6) is 11.6 Å². The number of alkyl halides is 3. The Morgan fingerprint density at radius 2 is 2.00 bits per heavy atom. The van der Waals surface area contributed by atoms with Crippen LogP contribution in [0.25, 0.3) is 10.9 Å². The van der Waals surface area contributed by atoms with Crippen LogP contribution in [0.1, 0.15) is 24.1 Å². The van der Waals surface area contributed by atoms with Crippen LogP contribution in [0, 0.1) is 5.82 Å². The average molecular weight is 487 g/mol. The van der Waals surface area contributed by atoms with Crippen molar-refractivity contribution in [1.29, 1.82) is 0 Å². The van der Waals surface area contributed by atoms with Gasteiger partial charge < -0.3 is 18.6 Å². The van der Waals surface area contributed by atoms with Crippen molar-refractivity contribution in [3.05, 3.63) is 28.0 Å². The van der Waals surface area contributed by atoms with Crippen LogP contribution in [0.15, 0.2) is 6.07 Å². The van der Waals surface area contributed by atoms with E-state index in [0.29, 0.717) is 0 Å². The van der Waals surface area contributed by atoms with Crippen molar-refractivity contribution in [2.24, 2.45) is 0 Å². The van der Waals surface area contributed by atoms with Gasteiger partial charge >= 0.3 is 15.6 Å². The Labute approximate surface area is 178 Å². The molecule has 1 amide bonds. The molecule has 0 N–H and O–H groups in total. The number of rotatable bonds is 5. The molecule has 1 aliphatic heterocycles. The summed E-state index contributed by atoms with van der Waals surface area (Å²) in [5, 5.41) is -0.434. The zero-order valence-corrected chi connectivity index (χ0v) is 17.8. The fourth-order valence-electron chi connectivity index (χ4n) is 3.33. The maximum Gasteiger partial charge on any atom is 0.534 e. The molecule has 1 aliphatic rings. The number of hydrogen-bond acceptors (Lipinski definition) is 7. The lowest BCUT2D eigenvalue weighted by Crippen LogP contribution is -2.31. The molecule has 0 radical (unpaired) electrons. The lowest BCUT2D eigenvalue weighted by Gasteiger charge is -2.22. The normalized spacial score (nSPS) is 16.5. The van der Waals surface area contributed by atoms with Crippen LogP contribution < -0.4 is 8.92 Å². The summed E-state index contributed by atoms with van der Waals surface area (Å²) in [6.45, 7) is 0.848. The molecule has 0 unspecified atom stereocenters. The molecule has 1 aromatic heterocycles. The van der Waals surface area contributed by atoms with Crippen LogP contribution in [-0.2, 0) is 26.2 Å². The summed E-state index contributed by atoms with van der Waals surface area (Å²) in [5.74, 6) is -2.77. The van der Waals surface area contributed by atoms with Gasteiger partial charge in [-0.25, -0.2) is 9.37 Å². The maximum atomic E-state index is 14.9. The molecular formula is C17H15ClF4N2O6S. The number of hydrogen-bond donors (Lipinski definition) is 0. The predicted molar refractivity (Wildman–Crippen MR) is 99.7 cm³/mol. The third-order valence-corrected chi connectivity index (χ3v) is 6.02. The van der Waals surface area contributed by atoms with E-state index in [4.69, 9.17) is 21.1 Å². The zero-order chi connectivity index (χ0) is 23.3. The summed E-state index contributed by atoms with van der Waals surface area (Å²) in [6, 6.07) is 0.500. The van der Waals surface area contributed by atoms with Gasteiger partial charge in [-0.1, -0.05) is 11.6 Å². The third kappa shape index (κ3) is 3.85. The quantitative estimate of drug-likeness (QED) is 0.363. The smallest absolute Gasteiger partial charge is 0.495 e. The van der Waals surface area contributed by atoms with Crippen LogP contribution in [-0.4, -0.2) is 50.5 Å². The Bertz CT molecular complexity index is 1170. The van der Waals surface area contributed by atoms with Crippen molar-refractivity contribution in [3.63, 3.8) is 0 Å². The second-order valence-electron chi connectivity index (χ2n) is 6.53. The Morgan fingerprint density at radius 1 is 1.35 bits per heavy atom. The van der Waals surface area contributed by atoms with E-state index >= 15 is 0 Å². The second-order valence-corrected chi connectivity index (χ2v) is 8.44. The highest BCUT2D eigenvalue weighted by atomic mass is 35.5. The molecule has 31 heavy (non-hydrogen) atoms. The third-order valence-electron chi connectivity index (χ3n) is 4.73. The van der Waals surface area contributed by atoms with Crippen molar-refractivity contribution >= 4 is 38.5 Å². The molecule has 2 aromatic rings. The number of nitrogens with zero attached hydrogens (tertiary/aromatic N) is 2. The van der Waals surface area contributed by atoms with Gasteiger partial charge in [-0.3, -0.25) is 4.79 Å². The van der Waals surface area contributed by atoms with Gasteiger partial charge in [0.25, 0.3) is 0 Å². The highest BCUT2D eigenvalue weighted by Gasteiger charge is 2.50. The van der Waals surface area contributed by atoms with Gasteiger partial charge in [-0.2, -0.15) is 21.6 Å². The summed E-state index contributed by atoms with van der Waals surface area (Å²) in [7, 11) is -3.61. The molecule has 170 valence electrons. The summed E-state index contributed by atoms with van der Waals surface area (Å²) < 4.78 is 90.7. The van der Waals surface area contributed by atoms with Crippen molar-refractivity contribution < 1.29 is 44.4 Å². The van der Waals surface area contributed by atoms with E-state index in [0.717, 1.165) is 0 Å². The minimum absolute atomic E-state index is 0.0747. The van der Waals surface area contributed by atoms with Crippen molar-refractivity contribution in [3.8, 4) is 11.6 Å². The van der Waals surface area contributed by atoms with E-state index < -0.39 is 49.8 Å². The van der Waals surface area contributed by atoms with E-state index in [1.807, 2.05) is 0 Å². The number of carbonyl (C=O) groups is 1. The van der Waals surface area contributed by atoms with Crippen LogP contribution in [0.3, 0.4) is 0 Å². The van der Waals surface area contributed by atoms with Crippen LogP contribution in [0.4, 0.5) is 17.6 Å². The Morgan fingerprint density at radius 3 is 2.55 bits per heavy atom. The Kier molecular flexibility index (Phi) is 5.97. The lowest BCUT2D eigenvalue weighted by atomic mass is 10.0. The fraction of sp³-hybridized carbons (Fsp3) is 0.412.